The SMILES string of the molecule is CS(=O)(=O)N1CCO[C@@H]2CN(C(=O)C3=CCCCC3)C[C@@H]2C1. The summed E-state index contributed by atoms with van der Waals surface area (Å²) in [6, 6.07) is 0. The highest BCUT2D eigenvalue weighted by molar-refractivity contribution is 7.88. The summed E-state index contributed by atoms with van der Waals surface area (Å²) in [6.07, 6.45) is 7.34. The molecule has 2 atom stereocenters. The smallest absolute Gasteiger partial charge is 0.249 e. The number of likely N-dealkylation sites (tertiary alicyclic amines) is 1. The zero-order chi connectivity index (χ0) is 15.7. The Labute approximate surface area is 132 Å². The molecule has 124 valence electrons. The lowest BCUT2D eigenvalue weighted by Gasteiger charge is -2.22. The van der Waals surface area contributed by atoms with Gasteiger partial charge >= 0.3 is 0 Å². The second-order valence-corrected chi connectivity index (χ2v) is 8.46. The molecule has 2 heterocycles. The van der Waals surface area contributed by atoms with Crippen LogP contribution in [0.2, 0.25) is 0 Å². The number of allylic oxidation sites excluding steroid dienone is 1. The summed E-state index contributed by atoms with van der Waals surface area (Å²) < 4.78 is 30.8. The van der Waals surface area contributed by atoms with Gasteiger partial charge in [0.2, 0.25) is 15.9 Å². The average molecular weight is 328 g/mol. The first kappa shape index (κ1) is 16.0. The van der Waals surface area contributed by atoms with E-state index in [1.54, 1.807) is 0 Å². The van der Waals surface area contributed by atoms with E-state index in [0.29, 0.717) is 32.8 Å². The molecule has 1 aliphatic carbocycles. The van der Waals surface area contributed by atoms with Crippen molar-refractivity contribution in [2.75, 3.05) is 39.0 Å². The molecule has 0 spiro atoms. The van der Waals surface area contributed by atoms with E-state index in [9.17, 15) is 13.2 Å². The lowest BCUT2D eigenvalue weighted by Crippen LogP contribution is -2.37. The highest BCUT2D eigenvalue weighted by atomic mass is 32.2. The summed E-state index contributed by atoms with van der Waals surface area (Å²) >= 11 is 0. The maximum atomic E-state index is 12.6. The molecule has 0 unspecified atom stereocenters. The third-order valence-corrected chi connectivity index (χ3v) is 6.08. The van der Waals surface area contributed by atoms with Gasteiger partial charge in [0.05, 0.1) is 19.0 Å². The zero-order valence-electron chi connectivity index (χ0n) is 13.0. The van der Waals surface area contributed by atoms with Crippen molar-refractivity contribution >= 4 is 15.9 Å². The highest BCUT2D eigenvalue weighted by Gasteiger charge is 2.40. The minimum absolute atomic E-state index is 0.0418. The van der Waals surface area contributed by atoms with E-state index in [4.69, 9.17) is 4.74 Å². The van der Waals surface area contributed by atoms with Crippen molar-refractivity contribution in [1.29, 1.82) is 0 Å². The van der Waals surface area contributed by atoms with Crippen molar-refractivity contribution in [1.82, 2.24) is 9.21 Å². The number of carbonyl (C=O) groups excluding carboxylic acids is 1. The molecule has 3 aliphatic rings. The fourth-order valence-electron chi connectivity index (χ4n) is 3.57. The zero-order valence-corrected chi connectivity index (χ0v) is 13.8. The van der Waals surface area contributed by atoms with Crippen LogP contribution in [0.3, 0.4) is 0 Å². The molecule has 0 bridgehead atoms. The molecule has 0 aromatic rings. The number of rotatable bonds is 2. The van der Waals surface area contributed by atoms with Crippen LogP contribution in [0, 0.1) is 5.92 Å². The summed E-state index contributed by atoms with van der Waals surface area (Å²) in [4.78, 5) is 14.4. The fraction of sp³-hybridized carbons (Fsp3) is 0.800. The molecule has 0 saturated carbocycles. The predicted molar refractivity (Wildman–Crippen MR) is 82.8 cm³/mol. The van der Waals surface area contributed by atoms with Gasteiger partial charge in [-0.3, -0.25) is 4.79 Å². The number of carbonyl (C=O) groups is 1. The molecule has 0 radical (unpaired) electrons. The summed E-state index contributed by atoms with van der Waals surface area (Å²) in [5.74, 6) is 0.188. The first-order valence-electron chi connectivity index (χ1n) is 8.00. The number of amides is 1. The molecule has 6 nitrogen and oxygen atoms in total. The molecular weight excluding hydrogens is 304 g/mol. The van der Waals surface area contributed by atoms with E-state index in [2.05, 4.69) is 6.08 Å². The quantitative estimate of drug-likeness (QED) is 0.745. The third kappa shape index (κ3) is 3.36. The van der Waals surface area contributed by atoms with E-state index in [-0.39, 0.29) is 17.9 Å². The van der Waals surface area contributed by atoms with E-state index in [1.165, 1.54) is 10.6 Å². The Morgan fingerprint density at radius 1 is 1.27 bits per heavy atom. The van der Waals surface area contributed by atoms with E-state index in [1.807, 2.05) is 4.90 Å². The van der Waals surface area contributed by atoms with Crippen LogP contribution in [0.5, 0.6) is 0 Å². The molecular formula is C15H24N2O4S. The first-order valence-corrected chi connectivity index (χ1v) is 9.85. The molecule has 2 fully saturated rings. The fourth-order valence-corrected chi connectivity index (χ4v) is 4.44. The van der Waals surface area contributed by atoms with Crippen molar-refractivity contribution in [3.05, 3.63) is 11.6 Å². The van der Waals surface area contributed by atoms with Gasteiger partial charge in [0, 0.05) is 37.7 Å². The lowest BCUT2D eigenvalue weighted by atomic mass is 9.99. The number of ether oxygens (including phenoxy) is 1. The third-order valence-electron chi connectivity index (χ3n) is 4.81. The monoisotopic (exact) mass is 328 g/mol. The Kier molecular flexibility index (Phi) is 4.56. The number of sulfonamides is 1. The van der Waals surface area contributed by atoms with Crippen LogP contribution in [0.15, 0.2) is 11.6 Å². The lowest BCUT2D eigenvalue weighted by molar-refractivity contribution is -0.127. The van der Waals surface area contributed by atoms with E-state index < -0.39 is 10.0 Å². The van der Waals surface area contributed by atoms with Crippen LogP contribution >= 0.6 is 0 Å². The molecule has 2 aliphatic heterocycles. The van der Waals surface area contributed by atoms with Crippen LogP contribution in [0.1, 0.15) is 25.7 Å². The molecule has 3 rings (SSSR count). The molecule has 0 aromatic heterocycles. The highest BCUT2D eigenvalue weighted by Crippen LogP contribution is 2.27. The van der Waals surface area contributed by atoms with Crippen molar-refractivity contribution in [2.45, 2.75) is 31.8 Å². The molecule has 0 N–H and O–H groups in total. The van der Waals surface area contributed by atoms with E-state index in [0.717, 1.165) is 31.3 Å². The van der Waals surface area contributed by atoms with Gasteiger partial charge in [-0.25, -0.2) is 8.42 Å². The average Bonchev–Trinajstić information content (AvgIpc) is 2.78. The maximum Gasteiger partial charge on any atom is 0.249 e. The van der Waals surface area contributed by atoms with Gasteiger partial charge in [-0.1, -0.05) is 6.08 Å². The summed E-state index contributed by atoms with van der Waals surface area (Å²) in [7, 11) is -3.21. The van der Waals surface area contributed by atoms with Crippen molar-refractivity contribution in [3.63, 3.8) is 0 Å². The second-order valence-electron chi connectivity index (χ2n) is 6.48. The summed E-state index contributed by atoms with van der Waals surface area (Å²) in [5.41, 5.74) is 0.919. The Hall–Kier alpha value is -0.920. The standard InChI is InChI=1S/C15H24N2O4S/c1-22(19,20)17-7-8-21-14-11-16(9-13(14)10-17)15(18)12-5-3-2-4-6-12/h5,13-14H,2-4,6-11H2,1H3/t13-,14-/m1/s1. The van der Waals surface area contributed by atoms with Gasteiger partial charge in [0.15, 0.2) is 0 Å². The molecule has 0 aromatic carbocycles. The molecule has 1 amide bonds. The Morgan fingerprint density at radius 3 is 2.77 bits per heavy atom. The molecule has 7 heteroatoms. The minimum Gasteiger partial charge on any atom is -0.375 e. The molecule has 22 heavy (non-hydrogen) atoms. The van der Waals surface area contributed by atoms with Gasteiger partial charge in [0.1, 0.15) is 0 Å². The Morgan fingerprint density at radius 2 is 2.09 bits per heavy atom. The molecule has 2 saturated heterocycles. The van der Waals surface area contributed by atoms with Gasteiger partial charge in [0.25, 0.3) is 0 Å². The summed E-state index contributed by atoms with van der Waals surface area (Å²) in [6.45, 7) is 2.43. The second kappa shape index (κ2) is 6.29. The maximum absolute atomic E-state index is 12.6. The van der Waals surface area contributed by atoms with Gasteiger partial charge in [-0.15, -0.1) is 0 Å². The Balaban J connectivity index is 1.68. The van der Waals surface area contributed by atoms with Crippen LogP contribution in [-0.2, 0) is 19.6 Å². The Bertz CT molecular complexity index is 572. The van der Waals surface area contributed by atoms with Crippen LogP contribution < -0.4 is 0 Å². The number of hydrogen-bond donors (Lipinski definition) is 0. The van der Waals surface area contributed by atoms with E-state index >= 15 is 0 Å². The van der Waals surface area contributed by atoms with Crippen molar-refractivity contribution in [3.8, 4) is 0 Å². The van der Waals surface area contributed by atoms with Crippen molar-refractivity contribution < 1.29 is 17.9 Å². The van der Waals surface area contributed by atoms with Gasteiger partial charge in [-0.05, 0) is 25.7 Å². The van der Waals surface area contributed by atoms with Gasteiger partial charge in [-0.2, -0.15) is 4.31 Å². The number of fused-ring (bicyclic) bond motifs is 1. The normalized spacial score (nSPS) is 30.6. The minimum atomic E-state index is -3.21. The van der Waals surface area contributed by atoms with Crippen LogP contribution in [0.4, 0.5) is 0 Å². The first-order chi connectivity index (χ1) is 10.4. The number of hydrogen-bond acceptors (Lipinski definition) is 4. The summed E-state index contributed by atoms with van der Waals surface area (Å²) in [5, 5.41) is 0. The van der Waals surface area contributed by atoms with Gasteiger partial charge < -0.3 is 9.64 Å². The topological polar surface area (TPSA) is 66.9 Å². The van der Waals surface area contributed by atoms with Crippen molar-refractivity contribution in [2.24, 2.45) is 5.92 Å². The number of nitrogens with zero attached hydrogens (tertiary/aromatic N) is 2. The van der Waals surface area contributed by atoms with Crippen LogP contribution in [0.25, 0.3) is 0 Å². The van der Waals surface area contributed by atoms with Crippen LogP contribution in [-0.4, -0.2) is 68.7 Å². The largest absolute Gasteiger partial charge is 0.375 e. The predicted octanol–water partition coefficient (Wildman–Crippen LogP) is 0.606.